The Balaban J connectivity index is 1.77. The third-order valence-electron chi connectivity index (χ3n) is 3.26. The predicted molar refractivity (Wildman–Crippen MR) is 66.8 cm³/mol. The number of carbonyl (C=O) groups is 1. The van der Waals surface area contributed by atoms with Crippen LogP contribution in [-0.4, -0.2) is 18.6 Å². The van der Waals surface area contributed by atoms with Crippen molar-refractivity contribution in [3.8, 4) is 5.75 Å². The molecule has 98 valence electrons. The summed E-state index contributed by atoms with van der Waals surface area (Å²) in [5.41, 5.74) is 0. The highest BCUT2D eigenvalue weighted by Crippen LogP contribution is 2.24. The lowest BCUT2D eigenvalue weighted by Crippen LogP contribution is -2.36. The number of nitrogens with one attached hydrogen (secondary N) is 1. The second kappa shape index (κ2) is 5.85. The molecule has 1 aromatic carbocycles. The third-order valence-corrected chi connectivity index (χ3v) is 3.26. The van der Waals surface area contributed by atoms with E-state index in [9.17, 15) is 9.18 Å². The molecule has 1 fully saturated rings. The van der Waals surface area contributed by atoms with Crippen molar-refractivity contribution in [2.45, 2.75) is 32.2 Å². The lowest BCUT2D eigenvalue weighted by Gasteiger charge is -2.13. The molecule has 0 aromatic heterocycles. The van der Waals surface area contributed by atoms with Gasteiger partial charge in [-0.3, -0.25) is 4.79 Å². The highest BCUT2D eigenvalue weighted by Gasteiger charge is 2.22. The number of benzene rings is 1. The topological polar surface area (TPSA) is 38.3 Å². The van der Waals surface area contributed by atoms with Crippen molar-refractivity contribution in [3.05, 3.63) is 30.1 Å². The molecule has 1 N–H and O–H groups in total. The summed E-state index contributed by atoms with van der Waals surface area (Å²) >= 11 is 0. The van der Waals surface area contributed by atoms with E-state index in [-0.39, 0.29) is 24.3 Å². The molecule has 1 aliphatic rings. The number of halogens is 1. The summed E-state index contributed by atoms with van der Waals surface area (Å²) in [7, 11) is 0. The average molecular weight is 251 g/mol. The smallest absolute Gasteiger partial charge is 0.258 e. The van der Waals surface area contributed by atoms with Crippen molar-refractivity contribution < 1.29 is 13.9 Å². The Hall–Kier alpha value is -1.58. The van der Waals surface area contributed by atoms with Gasteiger partial charge in [-0.05, 0) is 37.3 Å². The van der Waals surface area contributed by atoms with Gasteiger partial charge in [0.05, 0.1) is 0 Å². The molecule has 0 aliphatic heterocycles. The summed E-state index contributed by atoms with van der Waals surface area (Å²) in [6.45, 7) is 2.05. The molecule has 0 heterocycles. The van der Waals surface area contributed by atoms with Crippen molar-refractivity contribution in [1.82, 2.24) is 5.32 Å². The number of para-hydroxylation sites is 1. The fourth-order valence-corrected chi connectivity index (χ4v) is 2.31. The fraction of sp³-hybridized carbons (Fsp3) is 0.500. The minimum Gasteiger partial charge on any atom is -0.481 e. The van der Waals surface area contributed by atoms with Gasteiger partial charge < -0.3 is 10.1 Å². The fourth-order valence-electron chi connectivity index (χ4n) is 2.31. The van der Waals surface area contributed by atoms with Crippen molar-refractivity contribution in [3.63, 3.8) is 0 Å². The van der Waals surface area contributed by atoms with Crippen molar-refractivity contribution in [2.24, 2.45) is 5.92 Å². The van der Waals surface area contributed by atoms with Crippen LogP contribution in [0, 0.1) is 11.7 Å². The molecule has 1 aliphatic carbocycles. The molecule has 18 heavy (non-hydrogen) atoms. The summed E-state index contributed by atoms with van der Waals surface area (Å²) in [5.74, 6) is 0.160. The molecule has 0 bridgehead atoms. The van der Waals surface area contributed by atoms with Crippen LogP contribution in [0.2, 0.25) is 0 Å². The zero-order valence-corrected chi connectivity index (χ0v) is 10.5. The van der Waals surface area contributed by atoms with Crippen LogP contribution in [0.4, 0.5) is 4.39 Å². The highest BCUT2D eigenvalue weighted by molar-refractivity contribution is 5.77. The van der Waals surface area contributed by atoms with E-state index in [4.69, 9.17) is 4.74 Å². The van der Waals surface area contributed by atoms with Crippen molar-refractivity contribution in [2.75, 3.05) is 6.61 Å². The maximum atomic E-state index is 13.2. The summed E-state index contributed by atoms with van der Waals surface area (Å²) in [4.78, 5) is 11.6. The second-order valence-electron chi connectivity index (χ2n) is 4.90. The third kappa shape index (κ3) is 3.45. The van der Waals surface area contributed by atoms with Crippen LogP contribution in [0.15, 0.2) is 24.3 Å². The van der Waals surface area contributed by atoms with Gasteiger partial charge in [0.2, 0.25) is 0 Å². The Morgan fingerprint density at radius 2 is 2.22 bits per heavy atom. The summed E-state index contributed by atoms with van der Waals surface area (Å²) in [5, 5.41) is 2.91. The van der Waals surface area contributed by atoms with Gasteiger partial charge in [0, 0.05) is 6.04 Å². The van der Waals surface area contributed by atoms with Gasteiger partial charge in [0.25, 0.3) is 5.91 Å². The van der Waals surface area contributed by atoms with Crippen LogP contribution >= 0.6 is 0 Å². The standard InChI is InChI=1S/C14H18FNO2/c1-10-6-7-11(8-10)16-14(17)9-18-13-5-3-2-4-12(13)15/h2-5,10-11H,6-9H2,1H3,(H,16,17). The number of ether oxygens (including phenoxy) is 1. The molecule has 2 unspecified atom stereocenters. The van der Waals surface area contributed by atoms with Crippen molar-refractivity contribution >= 4 is 5.91 Å². The molecule has 2 atom stereocenters. The van der Waals surface area contributed by atoms with E-state index in [1.54, 1.807) is 12.1 Å². The predicted octanol–water partition coefficient (Wildman–Crippen LogP) is 2.51. The number of rotatable bonds is 4. The minimum absolute atomic E-state index is 0.118. The molecule has 1 aromatic rings. The summed E-state index contributed by atoms with van der Waals surface area (Å²) < 4.78 is 18.4. The molecule has 0 saturated heterocycles. The first-order valence-electron chi connectivity index (χ1n) is 6.32. The zero-order valence-electron chi connectivity index (χ0n) is 10.5. The molecule has 2 rings (SSSR count). The van der Waals surface area contributed by atoms with E-state index in [0.29, 0.717) is 5.92 Å². The summed E-state index contributed by atoms with van der Waals surface area (Å²) in [6.07, 6.45) is 3.19. The van der Waals surface area contributed by atoms with Gasteiger partial charge in [-0.1, -0.05) is 19.1 Å². The van der Waals surface area contributed by atoms with Crippen LogP contribution in [0.1, 0.15) is 26.2 Å². The highest BCUT2D eigenvalue weighted by atomic mass is 19.1. The van der Waals surface area contributed by atoms with Crippen molar-refractivity contribution in [1.29, 1.82) is 0 Å². The first-order valence-corrected chi connectivity index (χ1v) is 6.32. The van der Waals surface area contributed by atoms with Crippen LogP contribution in [0.5, 0.6) is 5.75 Å². The van der Waals surface area contributed by atoms with Gasteiger partial charge in [-0.15, -0.1) is 0 Å². The van der Waals surface area contributed by atoms with Crippen LogP contribution in [-0.2, 0) is 4.79 Å². The minimum atomic E-state index is -0.445. The molecule has 0 spiro atoms. The number of amides is 1. The lowest BCUT2D eigenvalue weighted by atomic mass is 10.1. The molecule has 3 nitrogen and oxygen atoms in total. The first kappa shape index (κ1) is 12.9. The van der Waals surface area contributed by atoms with Crippen LogP contribution in [0.3, 0.4) is 0 Å². The maximum absolute atomic E-state index is 13.2. The average Bonchev–Trinajstić information content (AvgIpc) is 2.74. The van der Waals surface area contributed by atoms with E-state index >= 15 is 0 Å². The van der Waals surface area contributed by atoms with Gasteiger partial charge in [-0.25, -0.2) is 4.39 Å². The van der Waals surface area contributed by atoms with Gasteiger partial charge in [-0.2, -0.15) is 0 Å². The monoisotopic (exact) mass is 251 g/mol. The van der Waals surface area contributed by atoms with E-state index in [1.165, 1.54) is 12.1 Å². The van der Waals surface area contributed by atoms with Gasteiger partial charge in [0.15, 0.2) is 18.2 Å². The van der Waals surface area contributed by atoms with Gasteiger partial charge in [0.1, 0.15) is 0 Å². The SMILES string of the molecule is CC1CCC(NC(=O)COc2ccccc2F)C1. The quantitative estimate of drug-likeness (QED) is 0.893. The zero-order chi connectivity index (χ0) is 13.0. The number of hydrogen-bond acceptors (Lipinski definition) is 2. The molecule has 4 heteroatoms. The Morgan fingerprint density at radius 1 is 1.44 bits per heavy atom. The Labute approximate surface area is 106 Å². The molecule has 1 saturated carbocycles. The van der Waals surface area contributed by atoms with E-state index < -0.39 is 5.82 Å². The summed E-state index contributed by atoms with van der Waals surface area (Å²) in [6, 6.07) is 6.33. The normalized spacial score (nSPS) is 22.8. The largest absolute Gasteiger partial charge is 0.481 e. The van der Waals surface area contributed by atoms with E-state index in [0.717, 1.165) is 19.3 Å². The Bertz CT molecular complexity index is 422. The molecular formula is C14H18FNO2. The number of carbonyl (C=O) groups excluding carboxylic acids is 1. The van der Waals surface area contributed by atoms with Crippen LogP contribution < -0.4 is 10.1 Å². The Morgan fingerprint density at radius 3 is 2.89 bits per heavy atom. The number of hydrogen-bond donors (Lipinski definition) is 1. The van der Waals surface area contributed by atoms with E-state index in [1.807, 2.05) is 0 Å². The molecular weight excluding hydrogens is 233 g/mol. The van der Waals surface area contributed by atoms with Gasteiger partial charge >= 0.3 is 0 Å². The Kier molecular flexibility index (Phi) is 4.18. The second-order valence-corrected chi connectivity index (χ2v) is 4.90. The molecule has 0 radical (unpaired) electrons. The maximum Gasteiger partial charge on any atom is 0.258 e. The lowest BCUT2D eigenvalue weighted by molar-refractivity contribution is -0.123. The first-order chi connectivity index (χ1) is 8.65. The van der Waals surface area contributed by atoms with E-state index in [2.05, 4.69) is 12.2 Å². The molecule has 1 amide bonds. The van der Waals surface area contributed by atoms with Crippen LogP contribution in [0.25, 0.3) is 0 Å².